The molecule has 1 aromatic carbocycles. The standard InChI is InChI=1S/C15H22N2O4S/c1-12-14(10-15(18)19)16(8-9-17(12)22(2,20)21)11-13-6-4-3-5-7-13/h3-7,12,14H,8-11H2,1-2H3,(H,18,19)/t12-,14-/m0/s1. The van der Waals surface area contributed by atoms with Crippen LogP contribution in [0, 0.1) is 0 Å². The molecule has 0 bridgehead atoms. The quantitative estimate of drug-likeness (QED) is 0.873. The van der Waals surface area contributed by atoms with Crippen molar-refractivity contribution in [3.8, 4) is 0 Å². The molecule has 0 amide bonds. The van der Waals surface area contributed by atoms with Gasteiger partial charge >= 0.3 is 5.97 Å². The number of aliphatic carboxylic acids is 1. The molecule has 1 aliphatic rings. The first kappa shape index (κ1) is 16.9. The van der Waals surface area contributed by atoms with E-state index in [4.69, 9.17) is 5.11 Å². The summed E-state index contributed by atoms with van der Waals surface area (Å²) in [6, 6.07) is 9.11. The van der Waals surface area contributed by atoms with Gasteiger partial charge < -0.3 is 5.11 Å². The van der Waals surface area contributed by atoms with Crippen molar-refractivity contribution in [1.29, 1.82) is 0 Å². The number of carboxylic acids is 1. The molecule has 0 unspecified atom stereocenters. The van der Waals surface area contributed by atoms with Crippen LogP contribution in [-0.2, 0) is 21.4 Å². The van der Waals surface area contributed by atoms with Gasteiger partial charge in [0.15, 0.2) is 0 Å². The maximum atomic E-state index is 11.9. The van der Waals surface area contributed by atoms with Gasteiger partial charge in [-0.05, 0) is 12.5 Å². The number of sulfonamides is 1. The molecule has 2 atom stereocenters. The van der Waals surface area contributed by atoms with Crippen LogP contribution in [0.4, 0.5) is 0 Å². The van der Waals surface area contributed by atoms with E-state index in [1.165, 1.54) is 10.6 Å². The van der Waals surface area contributed by atoms with E-state index in [1.807, 2.05) is 30.3 Å². The normalized spacial score (nSPS) is 24.3. The summed E-state index contributed by atoms with van der Waals surface area (Å²) in [5.41, 5.74) is 1.10. The van der Waals surface area contributed by atoms with Crippen LogP contribution in [0.3, 0.4) is 0 Å². The highest BCUT2D eigenvalue weighted by molar-refractivity contribution is 7.88. The molecule has 2 rings (SSSR count). The molecule has 0 spiro atoms. The van der Waals surface area contributed by atoms with Crippen LogP contribution >= 0.6 is 0 Å². The predicted molar refractivity (Wildman–Crippen MR) is 83.9 cm³/mol. The lowest BCUT2D eigenvalue weighted by molar-refractivity contribution is -0.139. The van der Waals surface area contributed by atoms with Gasteiger partial charge in [-0.1, -0.05) is 30.3 Å². The van der Waals surface area contributed by atoms with Gasteiger partial charge in [-0.3, -0.25) is 9.69 Å². The molecule has 0 radical (unpaired) electrons. The van der Waals surface area contributed by atoms with Crippen LogP contribution in [0.2, 0.25) is 0 Å². The average Bonchev–Trinajstić information content (AvgIpc) is 2.42. The fraction of sp³-hybridized carbons (Fsp3) is 0.533. The highest BCUT2D eigenvalue weighted by atomic mass is 32.2. The van der Waals surface area contributed by atoms with Gasteiger partial charge in [0.1, 0.15) is 0 Å². The molecular formula is C15H22N2O4S. The van der Waals surface area contributed by atoms with Gasteiger partial charge in [0.05, 0.1) is 12.7 Å². The number of hydrogen-bond donors (Lipinski definition) is 1. The minimum Gasteiger partial charge on any atom is -0.481 e. The van der Waals surface area contributed by atoms with Crippen LogP contribution in [0.1, 0.15) is 18.9 Å². The topological polar surface area (TPSA) is 77.9 Å². The molecular weight excluding hydrogens is 304 g/mol. The zero-order chi connectivity index (χ0) is 16.3. The number of carbonyl (C=O) groups is 1. The number of hydrogen-bond acceptors (Lipinski definition) is 4. The van der Waals surface area contributed by atoms with E-state index >= 15 is 0 Å². The van der Waals surface area contributed by atoms with Crippen LogP contribution in [0.25, 0.3) is 0 Å². The minimum absolute atomic E-state index is 0.0694. The summed E-state index contributed by atoms with van der Waals surface area (Å²) in [5, 5.41) is 9.16. The van der Waals surface area contributed by atoms with E-state index < -0.39 is 16.0 Å². The third-order valence-corrected chi connectivity index (χ3v) is 5.49. The third kappa shape index (κ3) is 4.06. The van der Waals surface area contributed by atoms with Crippen molar-refractivity contribution in [2.75, 3.05) is 19.3 Å². The molecule has 1 saturated heterocycles. The molecule has 1 N–H and O–H groups in total. The van der Waals surface area contributed by atoms with Gasteiger partial charge in [-0.25, -0.2) is 8.42 Å². The fourth-order valence-electron chi connectivity index (χ4n) is 3.05. The predicted octanol–water partition coefficient (Wildman–Crippen LogP) is 0.996. The lowest BCUT2D eigenvalue weighted by Gasteiger charge is -2.44. The Balaban J connectivity index is 2.21. The Morgan fingerprint density at radius 1 is 1.27 bits per heavy atom. The Morgan fingerprint density at radius 3 is 2.45 bits per heavy atom. The van der Waals surface area contributed by atoms with E-state index in [2.05, 4.69) is 4.90 Å². The number of carboxylic acid groups (broad SMARTS) is 1. The lowest BCUT2D eigenvalue weighted by atomic mass is 10.0. The first-order valence-corrected chi connectivity index (χ1v) is 9.10. The average molecular weight is 326 g/mol. The second kappa shape index (κ2) is 6.76. The third-order valence-electron chi connectivity index (χ3n) is 4.13. The number of benzene rings is 1. The lowest BCUT2D eigenvalue weighted by Crippen LogP contribution is -2.59. The van der Waals surface area contributed by atoms with Gasteiger partial charge in [-0.15, -0.1) is 0 Å². The zero-order valence-corrected chi connectivity index (χ0v) is 13.7. The van der Waals surface area contributed by atoms with Crippen LogP contribution in [0.15, 0.2) is 30.3 Å². The molecule has 1 heterocycles. The molecule has 0 aliphatic carbocycles. The molecule has 1 fully saturated rings. The van der Waals surface area contributed by atoms with Crippen LogP contribution in [-0.4, -0.2) is 60.1 Å². The summed E-state index contributed by atoms with van der Waals surface area (Å²) in [4.78, 5) is 13.2. The molecule has 1 aliphatic heterocycles. The highest BCUT2D eigenvalue weighted by Crippen LogP contribution is 2.24. The second-order valence-corrected chi connectivity index (χ2v) is 7.67. The van der Waals surface area contributed by atoms with Crippen molar-refractivity contribution in [3.63, 3.8) is 0 Å². The summed E-state index contributed by atoms with van der Waals surface area (Å²) >= 11 is 0. The highest BCUT2D eigenvalue weighted by Gasteiger charge is 2.38. The number of piperazine rings is 1. The molecule has 1 aromatic rings. The summed E-state index contributed by atoms with van der Waals surface area (Å²) in [6.07, 6.45) is 1.11. The summed E-state index contributed by atoms with van der Waals surface area (Å²) in [6.45, 7) is 3.33. The largest absolute Gasteiger partial charge is 0.481 e. The van der Waals surface area contributed by atoms with Crippen molar-refractivity contribution in [2.24, 2.45) is 0 Å². The maximum absolute atomic E-state index is 11.9. The molecule has 22 heavy (non-hydrogen) atoms. The maximum Gasteiger partial charge on any atom is 0.304 e. The van der Waals surface area contributed by atoms with Crippen molar-refractivity contribution in [1.82, 2.24) is 9.21 Å². The van der Waals surface area contributed by atoms with E-state index in [0.717, 1.165) is 5.56 Å². The molecule has 6 nitrogen and oxygen atoms in total. The summed E-state index contributed by atoms with van der Waals surface area (Å²) < 4.78 is 25.1. The van der Waals surface area contributed by atoms with Gasteiger partial charge in [0, 0.05) is 31.7 Å². The molecule has 7 heteroatoms. The van der Waals surface area contributed by atoms with Crippen molar-refractivity contribution in [3.05, 3.63) is 35.9 Å². The van der Waals surface area contributed by atoms with Gasteiger partial charge in [0.25, 0.3) is 0 Å². The smallest absolute Gasteiger partial charge is 0.304 e. The monoisotopic (exact) mass is 326 g/mol. The van der Waals surface area contributed by atoms with Gasteiger partial charge in [-0.2, -0.15) is 4.31 Å². The Hall–Kier alpha value is -1.44. The SMILES string of the molecule is C[C@H]1[C@H](CC(=O)O)N(Cc2ccccc2)CCN1S(C)(=O)=O. The Labute approximate surface area is 131 Å². The fourth-order valence-corrected chi connectivity index (χ4v) is 4.21. The Kier molecular flexibility index (Phi) is 5.20. The van der Waals surface area contributed by atoms with E-state index in [0.29, 0.717) is 19.6 Å². The van der Waals surface area contributed by atoms with E-state index in [1.54, 1.807) is 6.92 Å². The summed E-state index contributed by atoms with van der Waals surface area (Å²) in [7, 11) is -3.33. The van der Waals surface area contributed by atoms with E-state index in [9.17, 15) is 13.2 Å². The van der Waals surface area contributed by atoms with Gasteiger partial charge in [0.2, 0.25) is 10.0 Å². The van der Waals surface area contributed by atoms with Crippen molar-refractivity contribution >= 4 is 16.0 Å². The second-order valence-electron chi connectivity index (χ2n) is 5.74. The van der Waals surface area contributed by atoms with Crippen LogP contribution in [0.5, 0.6) is 0 Å². The first-order valence-electron chi connectivity index (χ1n) is 7.25. The summed E-state index contributed by atoms with van der Waals surface area (Å²) in [5.74, 6) is -0.912. The number of nitrogens with zero attached hydrogens (tertiary/aromatic N) is 2. The zero-order valence-electron chi connectivity index (χ0n) is 12.8. The molecule has 122 valence electrons. The van der Waals surface area contributed by atoms with Crippen LogP contribution < -0.4 is 0 Å². The molecule has 0 saturated carbocycles. The Bertz CT molecular complexity index is 618. The number of rotatable bonds is 5. The first-order chi connectivity index (χ1) is 10.3. The molecule has 0 aromatic heterocycles. The van der Waals surface area contributed by atoms with Crippen molar-refractivity contribution < 1.29 is 18.3 Å². The van der Waals surface area contributed by atoms with Crippen molar-refractivity contribution in [2.45, 2.75) is 32.0 Å². The Morgan fingerprint density at radius 2 is 1.91 bits per heavy atom. The van der Waals surface area contributed by atoms with E-state index in [-0.39, 0.29) is 18.5 Å². The minimum atomic E-state index is -3.33.